The maximum atomic E-state index is 13.2. The minimum Gasteiger partial charge on any atom is -0.392 e. The number of benzene rings is 4. The molecule has 3 fully saturated rings. The topological polar surface area (TPSA) is 103 Å². The van der Waals surface area contributed by atoms with Crippen LogP contribution >= 0.6 is 34.8 Å². The molecule has 0 saturated carbocycles. The van der Waals surface area contributed by atoms with Crippen molar-refractivity contribution >= 4 is 52.3 Å². The SMILES string of the molecule is O=C(NCc1cccc(-c2ccc([C@H]3O[C@@H](CN4CCC5(CC4)C(=O)NCN5c4ccccc4)C[C@@H](c4ccc(CO)cc4)O3)cc2)c1)C(Cl)(Cl)Cl. The number of carbonyl (C=O) groups is 2. The van der Waals surface area contributed by atoms with E-state index in [1.807, 2.05) is 91.0 Å². The lowest BCUT2D eigenvalue weighted by molar-refractivity contribution is -0.253. The number of alkyl halides is 3. The number of amides is 2. The van der Waals surface area contributed by atoms with E-state index >= 15 is 0 Å². The van der Waals surface area contributed by atoms with E-state index in [4.69, 9.17) is 44.3 Å². The Labute approximate surface area is 318 Å². The van der Waals surface area contributed by atoms with Crippen LogP contribution in [0, 0.1) is 0 Å². The number of nitrogens with one attached hydrogen (secondary N) is 2. The monoisotopic (exact) mass is 762 g/mol. The van der Waals surface area contributed by atoms with Gasteiger partial charge in [-0.15, -0.1) is 0 Å². The molecule has 0 unspecified atom stereocenters. The Hall–Kier alpha value is -3.67. The Balaban J connectivity index is 1.05. The zero-order valence-corrected chi connectivity index (χ0v) is 30.8. The smallest absolute Gasteiger partial charge is 0.272 e. The summed E-state index contributed by atoms with van der Waals surface area (Å²) in [6.07, 6.45) is 1.22. The minimum atomic E-state index is -2.02. The summed E-state index contributed by atoms with van der Waals surface area (Å²) in [5, 5.41) is 15.4. The van der Waals surface area contributed by atoms with Gasteiger partial charge in [-0.1, -0.05) is 120 Å². The lowest BCUT2D eigenvalue weighted by atomic mass is 9.85. The largest absolute Gasteiger partial charge is 0.392 e. The molecule has 3 aliphatic rings. The molecule has 272 valence electrons. The summed E-state index contributed by atoms with van der Waals surface area (Å²) in [4.78, 5) is 29.9. The molecule has 3 N–H and O–H groups in total. The maximum absolute atomic E-state index is 13.2. The second kappa shape index (κ2) is 15.7. The predicted molar refractivity (Wildman–Crippen MR) is 203 cm³/mol. The van der Waals surface area contributed by atoms with Gasteiger partial charge in [-0.3, -0.25) is 9.59 Å². The first-order chi connectivity index (χ1) is 25.1. The molecule has 4 aromatic carbocycles. The summed E-state index contributed by atoms with van der Waals surface area (Å²) in [6, 6.07) is 34.0. The number of halogens is 3. The van der Waals surface area contributed by atoms with Gasteiger partial charge in [0.05, 0.1) is 25.5 Å². The number of hydrogen-bond donors (Lipinski definition) is 3. The third-order valence-electron chi connectivity index (χ3n) is 10.3. The zero-order chi connectivity index (χ0) is 36.3. The summed E-state index contributed by atoms with van der Waals surface area (Å²) >= 11 is 17.1. The van der Waals surface area contributed by atoms with E-state index in [-0.39, 0.29) is 31.3 Å². The summed E-state index contributed by atoms with van der Waals surface area (Å²) in [5.74, 6) is -0.576. The average Bonchev–Trinajstić information content (AvgIpc) is 3.49. The van der Waals surface area contributed by atoms with Crippen molar-refractivity contribution in [2.75, 3.05) is 31.2 Å². The molecule has 4 aromatic rings. The molecule has 0 aliphatic carbocycles. The van der Waals surface area contributed by atoms with E-state index < -0.39 is 21.5 Å². The van der Waals surface area contributed by atoms with Gasteiger partial charge in [0.25, 0.3) is 9.70 Å². The highest BCUT2D eigenvalue weighted by Gasteiger charge is 2.50. The molecule has 3 saturated heterocycles. The normalized spacial score (nSPS) is 22.0. The molecule has 0 aromatic heterocycles. The highest BCUT2D eigenvalue weighted by Crippen LogP contribution is 2.40. The molecular weight excluding hydrogens is 723 g/mol. The maximum Gasteiger partial charge on any atom is 0.272 e. The molecular formula is C40H41Cl3N4O5. The van der Waals surface area contributed by atoms with Gasteiger partial charge in [0, 0.05) is 43.9 Å². The summed E-state index contributed by atoms with van der Waals surface area (Å²) < 4.78 is 11.3. The highest BCUT2D eigenvalue weighted by atomic mass is 35.6. The van der Waals surface area contributed by atoms with Gasteiger partial charge in [-0.25, -0.2) is 0 Å². The fraction of sp³-hybridized carbons (Fsp3) is 0.350. The number of rotatable bonds is 9. The first-order valence-corrected chi connectivity index (χ1v) is 18.6. The molecule has 0 bridgehead atoms. The van der Waals surface area contributed by atoms with Gasteiger partial charge in [0.1, 0.15) is 5.54 Å². The molecule has 3 heterocycles. The highest BCUT2D eigenvalue weighted by molar-refractivity contribution is 6.76. The Morgan fingerprint density at radius 2 is 1.58 bits per heavy atom. The number of aliphatic hydroxyl groups excluding tert-OH is 1. The molecule has 2 amide bonds. The van der Waals surface area contributed by atoms with Crippen LogP contribution in [0.5, 0.6) is 0 Å². The lowest BCUT2D eigenvalue weighted by Gasteiger charge is -2.45. The minimum absolute atomic E-state index is 0.0187. The van der Waals surface area contributed by atoms with Gasteiger partial charge in [0.2, 0.25) is 5.91 Å². The molecule has 12 heteroatoms. The van der Waals surface area contributed by atoms with Crippen LogP contribution in [0.15, 0.2) is 103 Å². The Morgan fingerprint density at radius 1 is 0.865 bits per heavy atom. The summed E-state index contributed by atoms with van der Waals surface area (Å²) in [7, 11) is 0. The number of nitrogens with zero attached hydrogens (tertiary/aromatic N) is 2. The van der Waals surface area contributed by atoms with Crippen molar-refractivity contribution in [3.05, 3.63) is 125 Å². The lowest BCUT2D eigenvalue weighted by Crippen LogP contribution is -2.57. The van der Waals surface area contributed by atoms with Gasteiger partial charge in [-0.2, -0.15) is 0 Å². The number of para-hydroxylation sites is 1. The van der Waals surface area contributed by atoms with Gasteiger partial charge >= 0.3 is 0 Å². The molecule has 3 atom stereocenters. The van der Waals surface area contributed by atoms with Crippen LogP contribution in [0.3, 0.4) is 0 Å². The zero-order valence-electron chi connectivity index (χ0n) is 28.5. The first kappa shape index (κ1) is 36.7. The second-order valence-electron chi connectivity index (χ2n) is 13.6. The van der Waals surface area contributed by atoms with Crippen LogP contribution in [0.2, 0.25) is 0 Å². The third kappa shape index (κ3) is 8.11. The van der Waals surface area contributed by atoms with Gasteiger partial charge in [-0.05, 0) is 58.9 Å². The molecule has 0 radical (unpaired) electrons. The molecule has 52 heavy (non-hydrogen) atoms. The van der Waals surface area contributed by atoms with Crippen LogP contribution in [-0.2, 0) is 32.2 Å². The molecule has 3 aliphatic heterocycles. The van der Waals surface area contributed by atoms with E-state index in [2.05, 4.69) is 32.6 Å². The first-order valence-electron chi connectivity index (χ1n) is 17.5. The van der Waals surface area contributed by atoms with Gasteiger partial charge < -0.3 is 35.0 Å². The van der Waals surface area contributed by atoms with Crippen molar-refractivity contribution in [1.82, 2.24) is 15.5 Å². The fourth-order valence-corrected chi connectivity index (χ4v) is 7.64. The summed E-state index contributed by atoms with van der Waals surface area (Å²) in [6.45, 7) is 2.99. The average molecular weight is 764 g/mol. The number of likely N-dealkylation sites (tertiary alicyclic amines) is 1. The molecule has 1 spiro atoms. The van der Waals surface area contributed by atoms with Crippen molar-refractivity contribution < 1.29 is 24.2 Å². The van der Waals surface area contributed by atoms with Gasteiger partial charge in [0.15, 0.2) is 6.29 Å². The van der Waals surface area contributed by atoms with Crippen LogP contribution in [0.4, 0.5) is 5.69 Å². The van der Waals surface area contributed by atoms with Crippen molar-refractivity contribution in [1.29, 1.82) is 0 Å². The summed E-state index contributed by atoms with van der Waals surface area (Å²) in [5.41, 5.74) is 6.12. The molecule has 7 rings (SSSR count). The van der Waals surface area contributed by atoms with Crippen LogP contribution in [0.25, 0.3) is 11.1 Å². The van der Waals surface area contributed by atoms with Crippen LogP contribution < -0.4 is 15.5 Å². The number of hydrogen-bond acceptors (Lipinski definition) is 7. The van der Waals surface area contributed by atoms with Crippen LogP contribution in [0.1, 0.15) is 53.9 Å². The molecule has 9 nitrogen and oxygen atoms in total. The van der Waals surface area contributed by atoms with Crippen molar-refractivity contribution in [2.24, 2.45) is 0 Å². The number of carbonyl (C=O) groups excluding carboxylic acids is 2. The van der Waals surface area contributed by atoms with Crippen molar-refractivity contribution in [3.63, 3.8) is 0 Å². The predicted octanol–water partition coefficient (Wildman–Crippen LogP) is 6.81. The fourth-order valence-electron chi connectivity index (χ4n) is 7.44. The Bertz CT molecular complexity index is 1850. The van der Waals surface area contributed by atoms with Crippen molar-refractivity contribution in [2.45, 2.75) is 60.2 Å². The standard InChI is InChI=1S/C40H41Cl3N4O5/c41-40(42,43)38(50)44-23-28-5-4-6-32(21-28)29-13-15-31(16-14-29)36-51-34(22-35(52-36)30-11-9-27(25-48)10-12-30)24-46-19-17-39(18-20-46)37(49)45-26-47(39)33-7-2-1-3-8-33/h1-16,21,34-36,48H,17-20,22-26H2,(H,44,50)(H,45,49)/t34-,35+,36+/m1/s1. The van der Waals surface area contributed by atoms with E-state index in [9.17, 15) is 14.7 Å². The van der Waals surface area contributed by atoms with E-state index in [0.717, 1.165) is 65.0 Å². The number of piperidine rings is 1. The third-order valence-corrected chi connectivity index (χ3v) is 10.8. The number of aliphatic hydroxyl groups is 1. The second-order valence-corrected chi connectivity index (χ2v) is 15.9. The quantitative estimate of drug-likeness (QED) is 0.161. The number of anilines is 1. The Morgan fingerprint density at radius 3 is 2.27 bits per heavy atom. The van der Waals surface area contributed by atoms with E-state index in [1.165, 1.54) is 0 Å². The number of ether oxygens (including phenoxy) is 2. The Kier molecular flexibility index (Phi) is 11.1. The van der Waals surface area contributed by atoms with E-state index in [0.29, 0.717) is 19.6 Å². The van der Waals surface area contributed by atoms with E-state index in [1.54, 1.807) is 0 Å². The van der Waals surface area contributed by atoms with Crippen LogP contribution in [-0.4, -0.2) is 63.6 Å². The van der Waals surface area contributed by atoms with Crippen molar-refractivity contribution in [3.8, 4) is 11.1 Å².